The van der Waals surface area contributed by atoms with E-state index in [0.29, 0.717) is 4.88 Å². The van der Waals surface area contributed by atoms with E-state index in [9.17, 15) is 4.79 Å². The fraction of sp³-hybridized carbons (Fsp3) is 0.222. The maximum atomic E-state index is 11.8. The maximum Gasteiger partial charge on any atom is 0.281 e. The summed E-state index contributed by atoms with van der Waals surface area (Å²) in [6.45, 7) is 4.39. The summed E-state index contributed by atoms with van der Waals surface area (Å²) in [5, 5.41) is 5.90. The van der Waals surface area contributed by atoms with E-state index in [-0.39, 0.29) is 11.3 Å². The van der Waals surface area contributed by atoms with Crippen molar-refractivity contribution in [2.75, 3.05) is 11.9 Å². The van der Waals surface area contributed by atoms with Crippen LogP contribution in [0.4, 0.5) is 5.69 Å². The maximum absolute atomic E-state index is 11.8. The van der Waals surface area contributed by atoms with Crippen LogP contribution in [0.15, 0.2) is 58.7 Å². The highest BCUT2D eigenvalue weighted by atomic mass is 32.1. The molecular weight excluding hydrogens is 306 g/mol. The molecule has 0 spiro atoms. The fourth-order valence-corrected chi connectivity index (χ4v) is 3.58. The van der Waals surface area contributed by atoms with Crippen LogP contribution in [0.3, 0.4) is 0 Å². The smallest absolute Gasteiger partial charge is 0.281 e. The zero-order chi connectivity index (χ0) is 16.4. The Morgan fingerprint density at radius 1 is 1.26 bits per heavy atom. The summed E-state index contributed by atoms with van der Waals surface area (Å²) in [6.07, 6.45) is 3.60. The van der Waals surface area contributed by atoms with Crippen molar-refractivity contribution < 1.29 is 4.79 Å². The number of anilines is 1. The lowest BCUT2D eigenvalue weighted by Crippen LogP contribution is -2.23. The van der Waals surface area contributed by atoms with Gasteiger partial charge >= 0.3 is 0 Å². The molecule has 23 heavy (non-hydrogen) atoms. The van der Waals surface area contributed by atoms with Crippen molar-refractivity contribution >= 4 is 29.1 Å². The molecule has 0 saturated heterocycles. The predicted molar refractivity (Wildman–Crippen MR) is 96.2 cm³/mol. The number of hydrazone groups is 1. The van der Waals surface area contributed by atoms with Gasteiger partial charge in [-0.25, -0.2) is 5.43 Å². The second kappa shape index (κ2) is 6.01. The van der Waals surface area contributed by atoms with Crippen molar-refractivity contribution in [2.24, 2.45) is 5.10 Å². The van der Waals surface area contributed by atoms with Crippen molar-refractivity contribution in [1.82, 2.24) is 5.43 Å². The molecule has 1 N–H and O–H groups in total. The molecule has 1 aromatic heterocycles. The normalized spacial score (nSPS) is 17.7. The van der Waals surface area contributed by atoms with E-state index >= 15 is 0 Å². The number of nitrogens with one attached hydrogen (secondary N) is 1. The third-order valence-corrected chi connectivity index (χ3v) is 5.03. The molecule has 1 aromatic carbocycles. The zero-order valence-electron chi connectivity index (χ0n) is 13.4. The van der Waals surface area contributed by atoms with Crippen LogP contribution in [-0.2, 0) is 5.41 Å². The number of hydrogen-bond acceptors (Lipinski definition) is 4. The minimum absolute atomic E-state index is 0.0882. The van der Waals surface area contributed by atoms with Crippen LogP contribution in [-0.4, -0.2) is 19.2 Å². The molecule has 0 unspecified atom stereocenters. The molecule has 3 rings (SSSR count). The van der Waals surface area contributed by atoms with Gasteiger partial charge < -0.3 is 4.90 Å². The van der Waals surface area contributed by atoms with E-state index in [0.717, 1.165) is 5.70 Å². The van der Waals surface area contributed by atoms with Gasteiger partial charge in [-0.2, -0.15) is 5.10 Å². The number of benzene rings is 1. The van der Waals surface area contributed by atoms with Crippen LogP contribution in [0, 0.1) is 0 Å². The SMILES string of the molecule is CN1/C(=C\C=N\NC(=O)c2cccs2)C(C)(C)c2ccccc21. The van der Waals surface area contributed by atoms with Crippen LogP contribution in [0.1, 0.15) is 29.1 Å². The van der Waals surface area contributed by atoms with Gasteiger partial charge in [0.2, 0.25) is 0 Å². The highest BCUT2D eigenvalue weighted by Gasteiger charge is 2.37. The first-order valence-electron chi connectivity index (χ1n) is 7.42. The Labute approximate surface area is 140 Å². The number of allylic oxidation sites excluding steroid dienone is 2. The zero-order valence-corrected chi connectivity index (χ0v) is 14.2. The van der Waals surface area contributed by atoms with Crippen LogP contribution >= 0.6 is 11.3 Å². The molecule has 0 bridgehead atoms. The predicted octanol–water partition coefficient (Wildman–Crippen LogP) is 3.78. The minimum Gasteiger partial charge on any atom is -0.347 e. The van der Waals surface area contributed by atoms with Crippen LogP contribution in [0.25, 0.3) is 0 Å². The average molecular weight is 325 g/mol. The number of likely N-dealkylation sites (N-methyl/N-ethyl adjacent to an activating group) is 1. The van der Waals surface area contributed by atoms with Crippen molar-refractivity contribution in [3.8, 4) is 0 Å². The Morgan fingerprint density at radius 3 is 2.74 bits per heavy atom. The molecule has 0 atom stereocenters. The van der Waals surface area contributed by atoms with Gasteiger partial charge in [-0.15, -0.1) is 11.3 Å². The molecule has 0 radical (unpaired) electrons. The molecule has 1 aliphatic rings. The summed E-state index contributed by atoms with van der Waals surface area (Å²) in [5.41, 5.74) is 6.11. The van der Waals surface area contributed by atoms with Gasteiger partial charge in [0.1, 0.15) is 0 Å². The number of nitrogens with zero attached hydrogens (tertiary/aromatic N) is 2. The lowest BCUT2D eigenvalue weighted by Gasteiger charge is -2.23. The van der Waals surface area contributed by atoms with Crippen LogP contribution in [0.5, 0.6) is 0 Å². The summed E-state index contributed by atoms with van der Waals surface area (Å²) in [4.78, 5) is 14.6. The minimum atomic E-state index is -0.183. The van der Waals surface area contributed by atoms with Crippen LogP contribution in [0.2, 0.25) is 0 Å². The van der Waals surface area contributed by atoms with Gasteiger partial charge in [-0.05, 0) is 29.2 Å². The number of carbonyl (C=O) groups excluding carboxylic acids is 1. The average Bonchev–Trinajstić information content (AvgIpc) is 3.13. The monoisotopic (exact) mass is 325 g/mol. The Balaban J connectivity index is 1.76. The van der Waals surface area contributed by atoms with E-state index in [2.05, 4.69) is 54.5 Å². The highest BCUT2D eigenvalue weighted by molar-refractivity contribution is 7.12. The van der Waals surface area contributed by atoms with Gasteiger partial charge in [0.25, 0.3) is 5.91 Å². The molecule has 0 saturated carbocycles. The van der Waals surface area contributed by atoms with E-state index in [4.69, 9.17) is 0 Å². The Morgan fingerprint density at radius 2 is 2.04 bits per heavy atom. The van der Waals surface area contributed by atoms with E-state index in [1.54, 1.807) is 12.3 Å². The summed E-state index contributed by atoms with van der Waals surface area (Å²) >= 11 is 1.40. The molecule has 2 aromatic rings. The van der Waals surface area contributed by atoms with Gasteiger partial charge in [-0.3, -0.25) is 4.79 Å². The number of thiophene rings is 1. The topological polar surface area (TPSA) is 44.7 Å². The Kier molecular flexibility index (Phi) is 4.05. The summed E-state index contributed by atoms with van der Waals surface area (Å²) < 4.78 is 0. The van der Waals surface area contributed by atoms with E-state index in [1.807, 2.05) is 23.6 Å². The first kappa shape index (κ1) is 15.5. The lowest BCUT2D eigenvalue weighted by molar-refractivity contribution is 0.0959. The second-order valence-corrected chi connectivity index (χ2v) is 6.90. The number of amides is 1. The number of fused-ring (bicyclic) bond motifs is 1. The molecule has 0 aliphatic carbocycles. The molecule has 5 heteroatoms. The largest absolute Gasteiger partial charge is 0.347 e. The second-order valence-electron chi connectivity index (χ2n) is 5.95. The summed E-state index contributed by atoms with van der Waals surface area (Å²) in [6, 6.07) is 12.0. The van der Waals surface area contributed by atoms with Crippen molar-refractivity contribution in [1.29, 1.82) is 0 Å². The van der Waals surface area contributed by atoms with Crippen molar-refractivity contribution in [2.45, 2.75) is 19.3 Å². The van der Waals surface area contributed by atoms with E-state index in [1.165, 1.54) is 22.6 Å². The first-order chi connectivity index (χ1) is 11.0. The number of carbonyl (C=O) groups is 1. The Hall–Kier alpha value is -2.40. The lowest BCUT2D eigenvalue weighted by atomic mass is 9.84. The Bertz CT molecular complexity index is 775. The quantitative estimate of drug-likeness (QED) is 0.689. The molecule has 2 heterocycles. The molecule has 1 amide bonds. The summed E-state index contributed by atoms with van der Waals surface area (Å²) in [5.74, 6) is -0.183. The van der Waals surface area contributed by atoms with Crippen molar-refractivity contribution in [3.63, 3.8) is 0 Å². The van der Waals surface area contributed by atoms with Gasteiger partial charge in [0.15, 0.2) is 0 Å². The number of para-hydroxylation sites is 1. The highest BCUT2D eigenvalue weighted by Crippen LogP contribution is 2.46. The third-order valence-electron chi connectivity index (χ3n) is 4.16. The standard InChI is InChI=1S/C18H19N3OS/c1-18(2)13-7-4-5-8-14(13)21(3)16(18)10-11-19-20-17(22)15-9-6-12-23-15/h4-12H,1-3H3,(H,20,22)/b16-10-,19-11+. The molecular formula is C18H19N3OS. The van der Waals surface area contributed by atoms with Gasteiger partial charge in [0, 0.05) is 30.1 Å². The number of hydrogen-bond donors (Lipinski definition) is 1. The van der Waals surface area contributed by atoms with Gasteiger partial charge in [0.05, 0.1) is 4.88 Å². The van der Waals surface area contributed by atoms with Gasteiger partial charge in [-0.1, -0.05) is 38.1 Å². The molecule has 118 valence electrons. The molecule has 0 fully saturated rings. The van der Waals surface area contributed by atoms with Crippen molar-refractivity contribution in [3.05, 3.63) is 64.0 Å². The molecule has 1 aliphatic heterocycles. The van der Waals surface area contributed by atoms with Crippen LogP contribution < -0.4 is 10.3 Å². The van der Waals surface area contributed by atoms with E-state index < -0.39 is 0 Å². The summed E-state index contributed by atoms with van der Waals surface area (Å²) in [7, 11) is 2.05. The number of rotatable bonds is 3. The first-order valence-corrected chi connectivity index (χ1v) is 8.30. The fourth-order valence-electron chi connectivity index (χ4n) is 2.97. The molecule has 4 nitrogen and oxygen atoms in total. The third kappa shape index (κ3) is 2.80.